The number of hydrogen-bond donors (Lipinski definition) is 1. The van der Waals surface area contributed by atoms with Crippen molar-refractivity contribution in [1.29, 1.82) is 0 Å². The lowest BCUT2D eigenvalue weighted by molar-refractivity contribution is -0.135. The van der Waals surface area contributed by atoms with Gasteiger partial charge in [-0.05, 0) is 68.3 Å². The number of amides is 1. The predicted molar refractivity (Wildman–Crippen MR) is 104 cm³/mol. The quantitative estimate of drug-likeness (QED) is 0.833. The lowest BCUT2D eigenvalue weighted by Gasteiger charge is -2.33. The van der Waals surface area contributed by atoms with Crippen LogP contribution in [0.5, 0.6) is 0 Å². The molecule has 3 unspecified atom stereocenters. The summed E-state index contributed by atoms with van der Waals surface area (Å²) in [5, 5.41) is 4.24. The highest BCUT2D eigenvalue weighted by Crippen LogP contribution is 2.33. The third-order valence-electron chi connectivity index (χ3n) is 5.96. The summed E-state index contributed by atoms with van der Waals surface area (Å²) >= 11 is 6.05. The van der Waals surface area contributed by atoms with Gasteiger partial charge in [0.25, 0.3) is 0 Å². The molecule has 3 rings (SSSR count). The maximum absolute atomic E-state index is 13.1. The van der Waals surface area contributed by atoms with Crippen molar-refractivity contribution in [3.05, 3.63) is 34.9 Å². The van der Waals surface area contributed by atoms with Crippen molar-refractivity contribution in [2.45, 2.75) is 57.9 Å². The summed E-state index contributed by atoms with van der Waals surface area (Å²) in [7, 11) is 0. The normalized spacial score (nSPS) is 26.1. The number of halogens is 1. The van der Waals surface area contributed by atoms with E-state index in [9.17, 15) is 4.79 Å². The largest absolute Gasteiger partial charge is 0.336 e. The summed E-state index contributed by atoms with van der Waals surface area (Å²) in [6, 6.07) is 8.28. The fourth-order valence-corrected chi connectivity index (χ4v) is 4.49. The average Bonchev–Trinajstić information content (AvgIpc) is 2.89. The third kappa shape index (κ3) is 4.98. The van der Waals surface area contributed by atoms with E-state index in [1.165, 1.54) is 31.2 Å². The van der Waals surface area contributed by atoms with Gasteiger partial charge in [-0.15, -0.1) is 0 Å². The first-order valence-corrected chi connectivity index (χ1v) is 10.3. The molecule has 2 heterocycles. The van der Waals surface area contributed by atoms with E-state index >= 15 is 0 Å². The molecule has 1 aromatic carbocycles. The summed E-state index contributed by atoms with van der Waals surface area (Å²) < 4.78 is 0. The average molecular weight is 363 g/mol. The summed E-state index contributed by atoms with van der Waals surface area (Å²) in [5.41, 5.74) is 1.23. The number of piperidine rings is 1. The van der Waals surface area contributed by atoms with Gasteiger partial charge in [0, 0.05) is 18.0 Å². The lowest BCUT2D eigenvalue weighted by atomic mass is 9.85. The molecule has 0 aromatic heterocycles. The molecule has 4 heteroatoms. The van der Waals surface area contributed by atoms with E-state index in [0.29, 0.717) is 24.2 Å². The second kappa shape index (κ2) is 9.05. The fourth-order valence-electron chi connectivity index (χ4n) is 4.36. The molecule has 3 atom stereocenters. The van der Waals surface area contributed by atoms with Crippen LogP contribution in [0.15, 0.2) is 24.3 Å². The van der Waals surface area contributed by atoms with Crippen LogP contribution in [0.25, 0.3) is 0 Å². The molecule has 25 heavy (non-hydrogen) atoms. The molecule has 1 N–H and O–H groups in total. The Balaban J connectivity index is 1.69. The molecule has 1 aromatic rings. The molecule has 2 fully saturated rings. The molecule has 1 amide bonds. The number of nitrogens with zero attached hydrogens (tertiary/aromatic N) is 1. The molecule has 0 aliphatic carbocycles. The van der Waals surface area contributed by atoms with E-state index in [-0.39, 0.29) is 6.04 Å². The molecule has 138 valence electrons. The van der Waals surface area contributed by atoms with Gasteiger partial charge in [0.15, 0.2) is 0 Å². The molecule has 0 spiro atoms. The predicted octanol–water partition coefficient (Wildman–Crippen LogP) is 4.81. The van der Waals surface area contributed by atoms with Crippen LogP contribution in [-0.2, 0) is 4.79 Å². The Bertz CT molecular complexity index is 554. The highest BCUT2D eigenvalue weighted by molar-refractivity contribution is 6.30. The van der Waals surface area contributed by atoms with E-state index in [1.807, 2.05) is 12.1 Å². The number of nitrogens with one attached hydrogen (secondary N) is 1. The van der Waals surface area contributed by atoms with Crippen LogP contribution in [-0.4, -0.2) is 30.4 Å². The first kappa shape index (κ1) is 18.7. The number of carbonyl (C=O) groups excluding carboxylic acids is 1. The van der Waals surface area contributed by atoms with E-state index in [2.05, 4.69) is 29.3 Å². The van der Waals surface area contributed by atoms with Gasteiger partial charge in [-0.25, -0.2) is 0 Å². The Kier molecular flexibility index (Phi) is 6.77. The molecule has 2 aliphatic heterocycles. The summed E-state index contributed by atoms with van der Waals surface area (Å²) in [4.78, 5) is 15.3. The minimum atomic E-state index is 0.212. The van der Waals surface area contributed by atoms with Crippen molar-refractivity contribution in [2.75, 3.05) is 19.6 Å². The molecular formula is C21H31ClN2O. The number of hydrogen-bond acceptors (Lipinski definition) is 2. The highest BCUT2D eigenvalue weighted by Gasteiger charge is 2.29. The van der Waals surface area contributed by atoms with Gasteiger partial charge in [-0.3, -0.25) is 4.79 Å². The molecule has 0 saturated carbocycles. The maximum Gasteiger partial charge on any atom is 0.223 e. The zero-order valence-corrected chi connectivity index (χ0v) is 16.1. The van der Waals surface area contributed by atoms with Crippen LogP contribution in [0.3, 0.4) is 0 Å². The van der Waals surface area contributed by atoms with Gasteiger partial charge >= 0.3 is 0 Å². The van der Waals surface area contributed by atoms with Crippen molar-refractivity contribution in [2.24, 2.45) is 11.8 Å². The van der Waals surface area contributed by atoms with E-state index in [0.717, 1.165) is 37.5 Å². The Morgan fingerprint density at radius 3 is 2.72 bits per heavy atom. The SMILES string of the molecule is CC(CC(=O)N1CCCCCC1c1ccc(Cl)cc1)C1CCCNC1. The second-order valence-electron chi connectivity index (χ2n) is 7.79. The van der Waals surface area contributed by atoms with Crippen molar-refractivity contribution in [3.63, 3.8) is 0 Å². The minimum Gasteiger partial charge on any atom is -0.336 e. The summed E-state index contributed by atoms with van der Waals surface area (Å²) in [5.74, 6) is 1.42. The van der Waals surface area contributed by atoms with Crippen LogP contribution in [0.2, 0.25) is 5.02 Å². The maximum atomic E-state index is 13.1. The number of rotatable bonds is 4. The molecule has 3 nitrogen and oxygen atoms in total. The van der Waals surface area contributed by atoms with Crippen LogP contribution in [0.4, 0.5) is 0 Å². The first-order valence-electron chi connectivity index (χ1n) is 9.91. The van der Waals surface area contributed by atoms with Crippen LogP contribution in [0.1, 0.15) is 63.5 Å². The number of likely N-dealkylation sites (tertiary alicyclic amines) is 1. The Morgan fingerprint density at radius 2 is 2.00 bits per heavy atom. The highest BCUT2D eigenvalue weighted by atomic mass is 35.5. The Labute approximate surface area is 157 Å². The minimum absolute atomic E-state index is 0.212. The fraction of sp³-hybridized carbons (Fsp3) is 0.667. The molecule has 2 saturated heterocycles. The number of carbonyl (C=O) groups is 1. The first-order chi connectivity index (χ1) is 12.1. The number of benzene rings is 1. The van der Waals surface area contributed by atoms with Crippen molar-refractivity contribution < 1.29 is 4.79 Å². The van der Waals surface area contributed by atoms with Gasteiger partial charge in [0.1, 0.15) is 0 Å². The van der Waals surface area contributed by atoms with Gasteiger partial charge in [0.2, 0.25) is 5.91 Å². The van der Waals surface area contributed by atoms with E-state index in [1.54, 1.807) is 0 Å². The van der Waals surface area contributed by atoms with Gasteiger partial charge in [-0.2, -0.15) is 0 Å². The smallest absolute Gasteiger partial charge is 0.223 e. The Morgan fingerprint density at radius 1 is 1.20 bits per heavy atom. The topological polar surface area (TPSA) is 32.3 Å². The van der Waals surface area contributed by atoms with Crippen LogP contribution < -0.4 is 5.32 Å². The van der Waals surface area contributed by atoms with Crippen molar-refractivity contribution in [1.82, 2.24) is 10.2 Å². The second-order valence-corrected chi connectivity index (χ2v) is 8.23. The van der Waals surface area contributed by atoms with Gasteiger partial charge < -0.3 is 10.2 Å². The molecule has 2 aliphatic rings. The zero-order chi connectivity index (χ0) is 17.6. The lowest BCUT2D eigenvalue weighted by Crippen LogP contribution is -2.38. The van der Waals surface area contributed by atoms with Crippen molar-refractivity contribution >= 4 is 17.5 Å². The van der Waals surface area contributed by atoms with Gasteiger partial charge in [0.05, 0.1) is 6.04 Å². The molecule has 0 radical (unpaired) electrons. The van der Waals surface area contributed by atoms with Gasteiger partial charge in [-0.1, -0.05) is 43.5 Å². The third-order valence-corrected chi connectivity index (χ3v) is 6.22. The van der Waals surface area contributed by atoms with Crippen LogP contribution >= 0.6 is 11.6 Å². The van der Waals surface area contributed by atoms with E-state index < -0.39 is 0 Å². The summed E-state index contributed by atoms with van der Waals surface area (Å²) in [6.45, 7) is 5.34. The van der Waals surface area contributed by atoms with E-state index in [4.69, 9.17) is 11.6 Å². The Hall–Kier alpha value is -1.06. The summed E-state index contributed by atoms with van der Waals surface area (Å²) in [6.07, 6.45) is 7.76. The monoisotopic (exact) mass is 362 g/mol. The standard InChI is InChI=1S/C21H31ClN2O/c1-16(18-6-5-12-23-15-18)14-21(25)24-13-4-2-3-7-20(24)17-8-10-19(22)11-9-17/h8-11,16,18,20,23H,2-7,12-15H2,1H3. The molecule has 0 bridgehead atoms. The molecular weight excluding hydrogens is 332 g/mol. The van der Waals surface area contributed by atoms with Crippen molar-refractivity contribution in [3.8, 4) is 0 Å². The van der Waals surface area contributed by atoms with Crippen LogP contribution in [0, 0.1) is 11.8 Å². The zero-order valence-electron chi connectivity index (χ0n) is 15.3.